The number of nitrogens with one attached hydrogen (secondary N) is 1. The average Bonchev–Trinajstić information content (AvgIpc) is 2.79. The summed E-state index contributed by atoms with van der Waals surface area (Å²) in [6.45, 7) is 0.221. The molecule has 4 aliphatic carbocycles. The Morgan fingerprint density at radius 2 is 1.80 bits per heavy atom. The topological polar surface area (TPSA) is 103 Å². The number of aliphatic hydroxyl groups excluding tert-OH is 1. The number of aliphatic hydroxyl groups is 1. The Balaban J connectivity index is 1.26. The maximum atomic E-state index is 13.1. The van der Waals surface area contributed by atoms with E-state index in [1.165, 1.54) is 43.4 Å². The zero-order valence-electron chi connectivity index (χ0n) is 20.0. The second-order valence-electron chi connectivity index (χ2n) is 10.8. The van der Waals surface area contributed by atoms with Crippen molar-refractivity contribution in [2.24, 2.45) is 23.2 Å². The quantitative estimate of drug-likeness (QED) is 0.512. The lowest BCUT2D eigenvalue weighted by Crippen LogP contribution is -2.47. The molecule has 0 aliphatic heterocycles. The minimum absolute atomic E-state index is 0.0511. The van der Waals surface area contributed by atoms with E-state index in [4.69, 9.17) is 5.11 Å². The van der Waals surface area contributed by atoms with Crippen molar-refractivity contribution in [3.05, 3.63) is 36.0 Å². The van der Waals surface area contributed by atoms with E-state index in [-0.39, 0.29) is 31.0 Å². The molecule has 0 spiro atoms. The standard InChI is InChI=1S/C28H33N3O4/c32-11-3-10-31(27(34)35)9-2-4-22-7-8-23-24(29-22)5-1-6-25(23)30-26(33)18-28-15-19-12-20(16-28)14-21(13-19)17-28/h1,5-8,19-21,32H,3,9-18H2,(H,30,33)(H,34,35). The van der Waals surface area contributed by atoms with Crippen LogP contribution in [0.15, 0.2) is 30.3 Å². The summed E-state index contributed by atoms with van der Waals surface area (Å²) in [7, 11) is 0. The molecule has 0 unspecified atom stereocenters. The maximum absolute atomic E-state index is 13.1. The summed E-state index contributed by atoms with van der Waals surface area (Å²) in [4.78, 5) is 30.2. The van der Waals surface area contributed by atoms with Gasteiger partial charge in [0, 0.05) is 25.0 Å². The van der Waals surface area contributed by atoms with Gasteiger partial charge in [-0.2, -0.15) is 0 Å². The summed E-state index contributed by atoms with van der Waals surface area (Å²) in [5.41, 5.74) is 2.25. The van der Waals surface area contributed by atoms with Crippen molar-refractivity contribution in [2.45, 2.75) is 51.4 Å². The molecule has 0 radical (unpaired) electrons. The molecule has 35 heavy (non-hydrogen) atoms. The number of aromatic nitrogens is 1. The van der Waals surface area contributed by atoms with Crippen LogP contribution in [0.3, 0.4) is 0 Å². The van der Waals surface area contributed by atoms with E-state index in [1.54, 1.807) is 6.07 Å². The van der Waals surface area contributed by atoms with E-state index in [2.05, 4.69) is 22.1 Å². The number of carboxylic acid groups (broad SMARTS) is 1. The summed E-state index contributed by atoms with van der Waals surface area (Å²) in [6, 6.07) is 9.39. The molecule has 4 saturated carbocycles. The number of benzene rings is 1. The molecule has 4 aliphatic rings. The van der Waals surface area contributed by atoms with Gasteiger partial charge >= 0.3 is 6.09 Å². The van der Waals surface area contributed by atoms with E-state index in [9.17, 15) is 14.7 Å². The van der Waals surface area contributed by atoms with Crippen molar-refractivity contribution in [3.63, 3.8) is 0 Å². The van der Waals surface area contributed by atoms with Gasteiger partial charge in [-0.15, -0.1) is 0 Å². The van der Waals surface area contributed by atoms with Gasteiger partial charge < -0.3 is 15.5 Å². The highest BCUT2D eigenvalue weighted by atomic mass is 16.4. The third-order valence-corrected chi connectivity index (χ3v) is 8.05. The SMILES string of the molecule is O=C(CC12CC3CC(CC(C3)C1)C2)Nc1cccc2nc(C#CCN(CCCO)C(=O)O)ccc12. The summed E-state index contributed by atoms with van der Waals surface area (Å²) >= 11 is 0. The van der Waals surface area contributed by atoms with Crippen molar-refractivity contribution >= 4 is 28.6 Å². The van der Waals surface area contributed by atoms with Crippen LogP contribution in [0.5, 0.6) is 0 Å². The molecule has 184 valence electrons. The van der Waals surface area contributed by atoms with Crippen molar-refractivity contribution in [1.82, 2.24) is 9.88 Å². The Hall–Kier alpha value is -3.11. The molecule has 0 saturated heterocycles. The number of amides is 2. The largest absolute Gasteiger partial charge is 0.465 e. The van der Waals surface area contributed by atoms with Crippen LogP contribution in [0.25, 0.3) is 10.9 Å². The number of pyridine rings is 1. The van der Waals surface area contributed by atoms with Crippen molar-refractivity contribution in [2.75, 3.05) is 25.0 Å². The van der Waals surface area contributed by atoms with Crippen molar-refractivity contribution < 1.29 is 19.8 Å². The first-order chi connectivity index (χ1) is 16.9. The first-order valence-corrected chi connectivity index (χ1v) is 12.7. The van der Waals surface area contributed by atoms with Gasteiger partial charge in [0.25, 0.3) is 0 Å². The summed E-state index contributed by atoms with van der Waals surface area (Å²) in [5, 5.41) is 22.2. The average molecular weight is 476 g/mol. The number of anilines is 1. The number of hydrogen-bond acceptors (Lipinski definition) is 4. The van der Waals surface area contributed by atoms with Gasteiger partial charge in [-0.05, 0) is 98.3 Å². The fourth-order valence-electron chi connectivity index (χ4n) is 7.10. The smallest absolute Gasteiger partial charge is 0.408 e. The first kappa shape index (κ1) is 23.6. The molecule has 7 nitrogen and oxygen atoms in total. The third-order valence-electron chi connectivity index (χ3n) is 8.05. The lowest BCUT2D eigenvalue weighted by molar-refractivity contribution is -0.124. The Morgan fingerprint density at radius 3 is 2.46 bits per heavy atom. The van der Waals surface area contributed by atoms with Gasteiger partial charge in [0.05, 0.1) is 17.7 Å². The molecule has 7 heteroatoms. The van der Waals surface area contributed by atoms with Crippen LogP contribution >= 0.6 is 0 Å². The summed E-state index contributed by atoms with van der Waals surface area (Å²) < 4.78 is 0. The molecule has 6 rings (SSSR count). The predicted molar refractivity (Wildman–Crippen MR) is 134 cm³/mol. The second-order valence-corrected chi connectivity index (χ2v) is 10.8. The Labute approximate surface area is 205 Å². The minimum Gasteiger partial charge on any atom is -0.465 e. The van der Waals surface area contributed by atoms with Gasteiger partial charge in [0.2, 0.25) is 5.91 Å². The highest BCUT2D eigenvalue weighted by Crippen LogP contribution is 2.61. The van der Waals surface area contributed by atoms with E-state index in [1.807, 2.05) is 24.3 Å². The Morgan fingerprint density at radius 1 is 1.09 bits per heavy atom. The predicted octanol–water partition coefficient (Wildman–Crippen LogP) is 4.49. The highest BCUT2D eigenvalue weighted by Gasteiger charge is 2.51. The molecule has 2 aromatic rings. The van der Waals surface area contributed by atoms with E-state index < -0.39 is 6.09 Å². The third kappa shape index (κ3) is 5.28. The molecule has 1 aromatic heterocycles. The Bertz CT molecular complexity index is 1150. The Kier molecular flexibility index (Phi) is 6.66. The molecule has 4 bridgehead atoms. The van der Waals surface area contributed by atoms with Crippen LogP contribution in [0.1, 0.15) is 57.1 Å². The molecule has 3 N–H and O–H groups in total. The maximum Gasteiger partial charge on any atom is 0.408 e. The van der Waals surface area contributed by atoms with Crippen LogP contribution in [-0.4, -0.2) is 51.8 Å². The van der Waals surface area contributed by atoms with Crippen LogP contribution in [0.4, 0.5) is 10.5 Å². The number of carbonyl (C=O) groups excluding carboxylic acids is 1. The summed E-state index contributed by atoms with van der Waals surface area (Å²) in [5.74, 6) is 8.36. The fourth-order valence-corrected chi connectivity index (χ4v) is 7.10. The van der Waals surface area contributed by atoms with Gasteiger partial charge in [0.15, 0.2) is 0 Å². The van der Waals surface area contributed by atoms with Crippen LogP contribution < -0.4 is 5.32 Å². The van der Waals surface area contributed by atoms with Gasteiger partial charge in [-0.1, -0.05) is 12.0 Å². The molecule has 4 fully saturated rings. The number of hydrogen-bond donors (Lipinski definition) is 3. The normalized spacial score (nSPS) is 26.3. The van der Waals surface area contributed by atoms with Crippen molar-refractivity contribution in [3.8, 4) is 11.8 Å². The van der Waals surface area contributed by atoms with Gasteiger partial charge in [-0.25, -0.2) is 9.78 Å². The van der Waals surface area contributed by atoms with E-state index >= 15 is 0 Å². The number of fused-ring (bicyclic) bond motifs is 1. The van der Waals surface area contributed by atoms with E-state index in [0.717, 1.165) is 34.3 Å². The second kappa shape index (κ2) is 9.87. The highest BCUT2D eigenvalue weighted by molar-refractivity contribution is 6.01. The fraction of sp³-hybridized carbons (Fsp3) is 0.536. The van der Waals surface area contributed by atoms with Crippen LogP contribution in [0.2, 0.25) is 0 Å². The molecule has 1 heterocycles. The molecule has 0 atom stereocenters. The number of rotatable bonds is 7. The van der Waals surface area contributed by atoms with Gasteiger partial charge in [-0.3, -0.25) is 9.69 Å². The first-order valence-electron chi connectivity index (χ1n) is 12.7. The van der Waals surface area contributed by atoms with E-state index in [0.29, 0.717) is 18.5 Å². The van der Waals surface area contributed by atoms with Crippen LogP contribution in [-0.2, 0) is 4.79 Å². The lowest BCUT2D eigenvalue weighted by atomic mass is 9.49. The van der Waals surface area contributed by atoms with Crippen LogP contribution in [0, 0.1) is 35.0 Å². The summed E-state index contributed by atoms with van der Waals surface area (Å²) in [6.07, 6.45) is 7.68. The van der Waals surface area contributed by atoms with Crippen molar-refractivity contribution in [1.29, 1.82) is 0 Å². The molecular formula is C28H33N3O4. The number of carbonyl (C=O) groups is 2. The minimum atomic E-state index is -1.06. The number of nitrogens with zero attached hydrogens (tertiary/aromatic N) is 2. The molecule has 2 amide bonds. The lowest BCUT2D eigenvalue weighted by Gasteiger charge is -2.56. The zero-order valence-corrected chi connectivity index (χ0v) is 20.0. The monoisotopic (exact) mass is 475 g/mol. The molecule has 1 aromatic carbocycles. The zero-order chi connectivity index (χ0) is 24.4. The van der Waals surface area contributed by atoms with Gasteiger partial charge in [0.1, 0.15) is 5.69 Å². The molecular weight excluding hydrogens is 442 g/mol.